The molecule has 3 aromatic carbocycles. The smallest absolute Gasteiger partial charge is 0.303 e. The van der Waals surface area contributed by atoms with Gasteiger partial charge in [-0.3, -0.25) is 96.1 Å². The number of aliphatic imine (C=N–C) groups is 1. The number of carbonyl (C=O) groups is 19. The van der Waals surface area contributed by atoms with E-state index in [2.05, 4.69) is 57.5 Å². The number of hydrogen-bond acceptors (Lipinski definition) is 24. The molecule has 19 N–H and O–H groups in total. The van der Waals surface area contributed by atoms with Gasteiger partial charge >= 0.3 is 11.9 Å². The summed E-state index contributed by atoms with van der Waals surface area (Å²) in [5.74, 6) is -20.7. The van der Waals surface area contributed by atoms with E-state index in [4.69, 9.17) is 21.9 Å². The number of ketones is 2. The first-order chi connectivity index (χ1) is 65.3. The number of H-pyrrole nitrogens is 2. The number of aromatic nitrogens is 2. The third kappa shape index (κ3) is 30.0. The maximum absolute atomic E-state index is 15.8. The van der Waals surface area contributed by atoms with Gasteiger partial charge in [0.2, 0.25) is 88.6 Å². The van der Waals surface area contributed by atoms with Crippen LogP contribution in [0.1, 0.15) is 166 Å². The standard InChI is InChI=1S/C94H127N19O23S/c1-8-10-21-72-87(128)102-64(28-32-81(120)121)85(126)108-71(76(115)30-31-78(96)117)50-137-51-80(119)101-68(39-53-24-26-59(136-7)27-25-53)90(131)109(4)52(3)83(124)106-70(45-79(97)118)93(134)112-38-16-23-73(112)88(129)105-67(40-54-35-37-98-46-54)86(127)103-65(29-33-82(122)123)92(133)113-49-58(114)44-75(113)89(130)104-66(41-56-47-99-62-19-14-12-17-60(56)62)77(116)43-55(34-36-95)84(125)107-69(42-57-48-100-63-20-15-13-18-61(57)63)91(132)111(6)74(22-11-9-2)94(135)110(72)5/h12-15,17-20,24-27,37,46-48,52,55,58,64-75,99-100,114H,8-11,16,21-23,28-36,38-45,49-51,95H2,1-7H3,(H2,96,117)(H2,97,118)(H,101,119)(H,102,128)(H,103,127)(H,104,130)(H,105,129)(H,106,124)(H,107,125)(H,108,126)(H,120,121)(H,122,123)/t52-,55+,58+,64-,65-,66-,67-,68-,69-,70-,71-,72-,73-,74-,75-/m0/s1. The van der Waals surface area contributed by atoms with Gasteiger partial charge < -0.3 is 114 Å². The first-order valence-electron chi connectivity index (χ1n) is 46.1. The van der Waals surface area contributed by atoms with Crippen LogP contribution in [0.3, 0.4) is 0 Å². The van der Waals surface area contributed by atoms with E-state index in [9.17, 15) is 68.1 Å². The molecule has 43 heteroatoms. The number of Topliss-reactive ketones (excluding diaryl/α,β-unsaturated/α-hetero) is 2. The van der Waals surface area contributed by atoms with Gasteiger partial charge in [0.1, 0.15) is 72.2 Å². The highest BCUT2D eigenvalue weighted by atomic mass is 32.2. The summed E-state index contributed by atoms with van der Waals surface area (Å²) in [5.41, 5.74) is 20.8. The molecule has 3 fully saturated rings. The Morgan fingerprint density at radius 2 is 1.08 bits per heavy atom. The summed E-state index contributed by atoms with van der Waals surface area (Å²) in [6.45, 7) is 3.99. The van der Waals surface area contributed by atoms with Crippen LogP contribution in [0, 0.1) is 5.92 Å². The van der Waals surface area contributed by atoms with Crippen molar-refractivity contribution in [1.82, 2.24) is 77.0 Å². The second-order valence-corrected chi connectivity index (χ2v) is 36.1. The van der Waals surface area contributed by atoms with Crippen molar-refractivity contribution < 1.29 is 111 Å². The number of rotatable bonds is 29. The Morgan fingerprint density at radius 3 is 1.68 bits per heavy atom. The molecule has 742 valence electrons. The number of thioether (sulfide) groups is 1. The Kier molecular flexibility index (Phi) is 40.3. The van der Waals surface area contributed by atoms with Crippen molar-refractivity contribution in [3.8, 4) is 5.75 Å². The Morgan fingerprint density at radius 1 is 0.533 bits per heavy atom. The molecule has 0 radical (unpaired) electrons. The van der Waals surface area contributed by atoms with Crippen molar-refractivity contribution in [3.63, 3.8) is 0 Å². The number of nitrogens with one attached hydrogen (secondary N) is 10. The average Bonchev–Trinajstić information content (AvgIpc) is 1.71. The first-order valence-corrected chi connectivity index (χ1v) is 47.3. The first kappa shape index (κ1) is 107. The minimum Gasteiger partial charge on any atom is -0.497 e. The molecule has 4 aliphatic rings. The maximum Gasteiger partial charge on any atom is 0.303 e. The van der Waals surface area contributed by atoms with E-state index in [1.807, 2.05) is 13.8 Å². The average molecular weight is 1920 g/mol. The number of aromatic amines is 2. The fourth-order valence-corrected chi connectivity index (χ4v) is 18.2. The molecule has 0 unspecified atom stereocenters. The lowest BCUT2D eigenvalue weighted by Crippen LogP contribution is -2.60. The Hall–Kier alpha value is -13.5. The third-order valence-electron chi connectivity index (χ3n) is 25.2. The van der Waals surface area contributed by atoms with E-state index in [1.165, 1.54) is 47.6 Å². The molecule has 15 amide bonds. The predicted molar refractivity (Wildman–Crippen MR) is 502 cm³/mol. The van der Waals surface area contributed by atoms with Crippen molar-refractivity contribution >= 4 is 152 Å². The number of para-hydroxylation sites is 2. The van der Waals surface area contributed by atoms with Gasteiger partial charge in [-0.25, -0.2) is 0 Å². The highest BCUT2D eigenvalue weighted by Crippen LogP contribution is 2.30. The molecular weight excluding hydrogens is 1800 g/mol. The van der Waals surface area contributed by atoms with Crippen molar-refractivity contribution in [2.24, 2.45) is 28.1 Å². The molecule has 0 bridgehead atoms. The van der Waals surface area contributed by atoms with E-state index in [1.54, 1.807) is 85.2 Å². The summed E-state index contributed by atoms with van der Waals surface area (Å²) in [4.78, 5) is 292. The molecule has 3 saturated heterocycles. The summed E-state index contributed by atoms with van der Waals surface area (Å²) in [7, 11) is 5.30. The van der Waals surface area contributed by atoms with Gasteiger partial charge in [-0.15, -0.1) is 11.8 Å². The highest BCUT2D eigenvalue weighted by molar-refractivity contribution is 8.00. The molecule has 15 atom stereocenters. The number of aliphatic hydroxyl groups is 1. The molecule has 2 aromatic heterocycles. The third-order valence-corrected chi connectivity index (χ3v) is 26.2. The van der Waals surface area contributed by atoms with Crippen LogP contribution in [0.4, 0.5) is 0 Å². The van der Waals surface area contributed by atoms with Gasteiger partial charge in [0.25, 0.3) is 0 Å². The molecule has 137 heavy (non-hydrogen) atoms. The highest BCUT2D eigenvalue weighted by Gasteiger charge is 2.47. The van der Waals surface area contributed by atoms with Crippen LogP contribution in [0.5, 0.6) is 5.75 Å². The monoisotopic (exact) mass is 1920 g/mol. The van der Waals surface area contributed by atoms with E-state index in [0.717, 1.165) is 36.3 Å². The van der Waals surface area contributed by atoms with Gasteiger partial charge in [-0.2, -0.15) is 0 Å². The number of unbranched alkanes of at least 4 members (excludes halogenated alkanes) is 2. The van der Waals surface area contributed by atoms with Crippen LogP contribution in [-0.4, -0.2) is 312 Å². The fourth-order valence-electron chi connectivity index (χ4n) is 17.3. The Balaban J connectivity index is 1.11. The number of hydrogen-bond donors (Lipinski definition) is 16. The van der Waals surface area contributed by atoms with Crippen LogP contribution in [-0.2, 0) is 110 Å². The number of methoxy groups -OCH3 is 1. The number of likely N-dealkylation sites (N-methyl/N-ethyl adjacent to an activating group) is 3. The minimum absolute atomic E-state index is 0.0181. The van der Waals surface area contributed by atoms with Gasteiger partial charge in [0.05, 0.1) is 37.5 Å². The fraction of sp³-hybridized carbons (Fsp3) is 0.532. The predicted octanol–water partition coefficient (Wildman–Crippen LogP) is 0.257. The number of carboxylic acids is 2. The van der Waals surface area contributed by atoms with Gasteiger partial charge in [-0.05, 0) is 111 Å². The molecule has 9 rings (SSSR count). The lowest BCUT2D eigenvalue weighted by atomic mass is 9.91. The number of benzene rings is 3. The summed E-state index contributed by atoms with van der Waals surface area (Å²) in [6, 6.07) is -0.115. The molecule has 0 spiro atoms. The van der Waals surface area contributed by atoms with Crippen molar-refractivity contribution in [2.75, 3.05) is 59.4 Å². The molecule has 6 heterocycles. The number of aliphatic hydroxyl groups excluding tert-OH is 1. The normalized spacial score (nSPS) is 25.0. The minimum atomic E-state index is -1.81. The van der Waals surface area contributed by atoms with E-state index < -0.39 is 279 Å². The molecule has 0 aliphatic carbocycles. The topological polar surface area (TPSA) is 629 Å². The number of nitrogens with zero attached hydrogens (tertiary/aromatic N) is 6. The number of primary amides is 2. The zero-order valence-corrected chi connectivity index (χ0v) is 78.8. The second kappa shape index (κ2) is 51.5. The molecule has 5 aromatic rings. The number of ether oxygens (including phenoxy) is 1. The summed E-state index contributed by atoms with van der Waals surface area (Å²) >= 11 is 0.762. The zero-order valence-electron chi connectivity index (χ0n) is 78.0. The summed E-state index contributed by atoms with van der Waals surface area (Å²) < 4.78 is 5.34. The SMILES string of the molecule is CCCC[C@H]1C(=O)N(C)[C@@H](CCCC)C(=O)N[C@@H](CCC(=O)O)C(=O)N[C@H](C(=O)CCC(N)=O)CSCC(=O)N[C@@H](Cc2ccc(OC)cc2)C(=O)N(C)[C@@H](C)C(=O)N[C@@H](CC(N)=O)C(=O)N2CCC[C@H]2C(=O)N[C@@H](CC2=CN=CC2)C(=O)N[C@@H](CCC(=O)O)C(=O)N2C[C@H](O)C[C@H]2C(=O)N[C@@H](Cc2c[nH]c3ccccc23)C(=O)C[C@@H](CCN)C(=O)N[C@@H](Cc2c[nH]c3ccccc23)C(=O)N1C. The van der Waals surface area contributed by atoms with Crippen molar-refractivity contribution in [3.05, 3.63) is 114 Å². The number of aliphatic carboxylic acids is 2. The van der Waals surface area contributed by atoms with Crippen molar-refractivity contribution in [2.45, 2.75) is 253 Å². The lowest BCUT2D eigenvalue weighted by Gasteiger charge is -2.36. The van der Waals surface area contributed by atoms with Crippen LogP contribution in [0.15, 0.2) is 102 Å². The second-order valence-electron chi connectivity index (χ2n) is 35.1. The van der Waals surface area contributed by atoms with Crippen LogP contribution in [0.25, 0.3) is 21.8 Å². The number of fused-ring (bicyclic) bond motifs is 4. The number of carbonyl (C=O) groups excluding carboxylic acids is 17. The van der Waals surface area contributed by atoms with Crippen LogP contribution in [0.2, 0.25) is 0 Å². The summed E-state index contributed by atoms with van der Waals surface area (Å²) in [6.07, 6.45) is -0.445. The van der Waals surface area contributed by atoms with E-state index in [-0.39, 0.29) is 83.7 Å². The van der Waals surface area contributed by atoms with Crippen LogP contribution < -0.4 is 64.5 Å². The molecule has 42 nitrogen and oxygen atoms in total. The Labute approximate surface area is 796 Å². The van der Waals surface area contributed by atoms with Gasteiger partial charge in [-0.1, -0.05) is 88.1 Å². The lowest BCUT2D eigenvalue weighted by molar-refractivity contribution is -0.149. The molecule has 4 aliphatic heterocycles. The molecular formula is C94H127N19O23S. The van der Waals surface area contributed by atoms with Gasteiger partial charge in [0, 0.05) is 157 Å². The van der Waals surface area contributed by atoms with Gasteiger partial charge in [0.15, 0.2) is 11.6 Å². The Bertz CT molecular complexity index is 5290. The largest absolute Gasteiger partial charge is 0.497 e. The quantitative estimate of drug-likeness (QED) is 0.0305. The van der Waals surface area contributed by atoms with Crippen molar-refractivity contribution in [1.29, 1.82) is 0 Å². The maximum atomic E-state index is 15.8. The van der Waals surface area contributed by atoms with E-state index >= 15 is 38.4 Å². The summed E-state index contributed by atoms with van der Waals surface area (Å²) in [5, 5.41) is 54.3. The van der Waals surface area contributed by atoms with Crippen LogP contribution >= 0.6 is 11.8 Å². The van der Waals surface area contributed by atoms with E-state index in [0.29, 0.717) is 69.1 Å². The number of amides is 15. The number of nitrogens with two attached hydrogens (primary N) is 3. The zero-order chi connectivity index (χ0) is 100. The molecule has 0 saturated carbocycles. The number of carboxylic acid groups (broad SMARTS) is 2.